The molecular formula is C7H14BrGaO2. The second-order valence-corrected chi connectivity index (χ2v) is 3.92. The topological polar surface area (TPSA) is 37.3 Å². The average Bonchev–Trinajstić information content (AvgIpc) is 1.88. The molecule has 0 aliphatic heterocycles. The van der Waals surface area contributed by atoms with E-state index in [0.29, 0.717) is 0 Å². The molecule has 1 aliphatic carbocycles. The summed E-state index contributed by atoms with van der Waals surface area (Å²) >= 11 is 3.37. The average molecular weight is 280 g/mol. The molecule has 2 nitrogen and oxygen atoms in total. The number of carbonyl (C=O) groups is 1. The summed E-state index contributed by atoms with van der Waals surface area (Å²) in [4.78, 5) is 10.7. The van der Waals surface area contributed by atoms with Gasteiger partial charge in [-0.15, -0.1) is 0 Å². The molecule has 0 spiro atoms. The van der Waals surface area contributed by atoms with Gasteiger partial charge in [-0.1, -0.05) is 28.8 Å². The van der Waals surface area contributed by atoms with Gasteiger partial charge in [0.25, 0.3) is 0 Å². The molecule has 2 atom stereocenters. The fraction of sp³-hybridized carbons (Fsp3) is 0.857. The first-order valence-electron chi connectivity index (χ1n) is 3.58. The quantitative estimate of drug-likeness (QED) is 0.571. The Morgan fingerprint density at radius 3 is 2.27 bits per heavy atom. The van der Waals surface area contributed by atoms with Crippen LogP contribution in [0.1, 0.15) is 25.7 Å². The van der Waals surface area contributed by atoms with E-state index in [9.17, 15) is 4.79 Å². The molecule has 1 N–H and O–H groups in total. The van der Waals surface area contributed by atoms with Crippen molar-refractivity contribution in [1.82, 2.24) is 0 Å². The van der Waals surface area contributed by atoms with E-state index >= 15 is 0 Å². The fourth-order valence-corrected chi connectivity index (χ4v) is 2.18. The number of carboxylic acids is 1. The molecule has 1 saturated carbocycles. The van der Waals surface area contributed by atoms with Gasteiger partial charge >= 0.3 is 25.8 Å². The Bertz CT molecular complexity index is 140. The molecule has 0 aromatic heterocycles. The summed E-state index contributed by atoms with van der Waals surface area (Å²) in [6.07, 6.45) is 4.08. The predicted octanol–water partition coefficient (Wildman–Crippen LogP) is 0.841. The molecule has 11 heavy (non-hydrogen) atoms. The molecule has 0 heterocycles. The molecular weight excluding hydrogens is 266 g/mol. The van der Waals surface area contributed by atoms with Crippen LogP contribution < -0.4 is 0 Å². The van der Waals surface area contributed by atoms with Crippen LogP contribution in [0.4, 0.5) is 0 Å². The zero-order chi connectivity index (χ0) is 7.56. The zero-order valence-corrected chi connectivity index (χ0v) is 7.30. The first-order valence-corrected chi connectivity index (χ1v) is 4.50. The number of alkyl halides is 1. The Balaban J connectivity index is 0.000001000. The van der Waals surface area contributed by atoms with Crippen molar-refractivity contribution in [3.63, 3.8) is 0 Å². The minimum absolute atomic E-state index is 0. The van der Waals surface area contributed by atoms with Crippen molar-refractivity contribution in [1.29, 1.82) is 0 Å². The number of carboxylic acid groups (broad SMARTS) is 1. The Labute approximate surface area is 87.9 Å². The zero-order valence-electron chi connectivity index (χ0n) is 5.72. The fourth-order valence-electron chi connectivity index (χ4n) is 1.36. The van der Waals surface area contributed by atoms with Crippen molar-refractivity contribution in [2.24, 2.45) is 5.92 Å². The third-order valence-corrected chi connectivity index (χ3v) is 3.09. The van der Waals surface area contributed by atoms with E-state index in [1.807, 2.05) is 0 Å². The molecule has 0 radical (unpaired) electrons. The van der Waals surface area contributed by atoms with E-state index in [0.717, 1.165) is 19.3 Å². The normalized spacial score (nSPS) is 30.6. The van der Waals surface area contributed by atoms with Crippen LogP contribution in [0.5, 0.6) is 0 Å². The van der Waals surface area contributed by atoms with Crippen LogP contribution in [0.2, 0.25) is 0 Å². The molecule has 0 aromatic rings. The summed E-state index contributed by atoms with van der Waals surface area (Å²) < 4.78 is 0. The summed E-state index contributed by atoms with van der Waals surface area (Å²) in [5.41, 5.74) is 0. The van der Waals surface area contributed by atoms with Gasteiger partial charge in [-0.2, -0.15) is 0 Å². The standard InChI is InChI=1S/C7H11BrO2.Ga.3H/c8-6-4-2-1-3-5(6)7(9)10;;;;/h5-6H,1-4H2,(H,9,10);;;;. The van der Waals surface area contributed by atoms with E-state index in [2.05, 4.69) is 15.9 Å². The molecule has 0 amide bonds. The van der Waals surface area contributed by atoms with Crippen molar-refractivity contribution in [3.8, 4) is 0 Å². The monoisotopic (exact) mass is 278 g/mol. The number of aliphatic carboxylic acids is 1. The first kappa shape index (κ1) is 11.6. The summed E-state index contributed by atoms with van der Waals surface area (Å²) in [6, 6.07) is 0. The van der Waals surface area contributed by atoms with Crippen LogP contribution in [0.15, 0.2) is 0 Å². The minimum atomic E-state index is -0.651. The van der Waals surface area contributed by atoms with Gasteiger partial charge in [-0.3, -0.25) is 4.79 Å². The molecule has 0 bridgehead atoms. The van der Waals surface area contributed by atoms with Crippen molar-refractivity contribution >= 4 is 41.7 Å². The second-order valence-electron chi connectivity index (χ2n) is 2.75. The molecule has 1 rings (SSSR count). The van der Waals surface area contributed by atoms with Crippen molar-refractivity contribution in [3.05, 3.63) is 0 Å². The Kier molecular flexibility index (Phi) is 5.55. The number of halogens is 1. The van der Waals surface area contributed by atoms with E-state index in [1.54, 1.807) is 0 Å². The number of hydrogen-bond acceptors (Lipinski definition) is 1. The van der Waals surface area contributed by atoms with Crippen molar-refractivity contribution < 1.29 is 9.90 Å². The maximum atomic E-state index is 10.5. The van der Waals surface area contributed by atoms with Crippen molar-refractivity contribution in [2.75, 3.05) is 0 Å². The van der Waals surface area contributed by atoms with Gasteiger partial charge < -0.3 is 5.11 Å². The van der Waals surface area contributed by atoms with Gasteiger partial charge in [0.15, 0.2) is 0 Å². The first-order chi connectivity index (χ1) is 4.72. The third kappa shape index (κ3) is 3.21. The Morgan fingerprint density at radius 2 is 1.91 bits per heavy atom. The number of hydrogen-bond donors (Lipinski definition) is 1. The van der Waals surface area contributed by atoms with Crippen LogP contribution in [0, 0.1) is 5.92 Å². The van der Waals surface area contributed by atoms with E-state index in [1.165, 1.54) is 6.42 Å². The summed E-state index contributed by atoms with van der Waals surface area (Å²) in [7, 11) is 0. The summed E-state index contributed by atoms with van der Waals surface area (Å²) in [5, 5.41) is 8.68. The van der Waals surface area contributed by atoms with Crippen LogP contribution in [-0.2, 0) is 4.79 Å². The SMILES string of the molecule is O=C(O)C1CCCCC1Br.[GaH3]. The van der Waals surface area contributed by atoms with E-state index in [-0.39, 0.29) is 30.5 Å². The molecule has 4 heteroatoms. The van der Waals surface area contributed by atoms with E-state index < -0.39 is 5.97 Å². The molecule has 2 unspecified atom stereocenters. The van der Waals surface area contributed by atoms with Gasteiger partial charge in [-0.25, -0.2) is 0 Å². The Hall–Kier alpha value is 0.586. The second kappa shape index (κ2) is 5.27. The van der Waals surface area contributed by atoms with Crippen LogP contribution in [0.3, 0.4) is 0 Å². The molecule has 0 saturated heterocycles. The third-order valence-electron chi connectivity index (χ3n) is 2.00. The molecule has 1 fully saturated rings. The maximum absolute atomic E-state index is 10.5. The molecule has 1 aliphatic rings. The summed E-state index contributed by atoms with van der Waals surface area (Å²) in [5.74, 6) is -0.796. The van der Waals surface area contributed by atoms with Crippen LogP contribution >= 0.6 is 15.9 Å². The van der Waals surface area contributed by atoms with Gasteiger partial charge in [0.2, 0.25) is 0 Å². The Morgan fingerprint density at radius 1 is 1.36 bits per heavy atom. The van der Waals surface area contributed by atoms with Crippen LogP contribution in [0.25, 0.3) is 0 Å². The summed E-state index contributed by atoms with van der Waals surface area (Å²) in [6.45, 7) is 0. The molecule has 0 aromatic carbocycles. The van der Waals surface area contributed by atoms with Gasteiger partial charge in [0.05, 0.1) is 5.92 Å². The van der Waals surface area contributed by atoms with E-state index in [4.69, 9.17) is 5.11 Å². The van der Waals surface area contributed by atoms with Gasteiger partial charge in [0, 0.05) is 4.83 Å². The van der Waals surface area contributed by atoms with Crippen molar-refractivity contribution in [2.45, 2.75) is 30.5 Å². The predicted molar refractivity (Wildman–Crippen MR) is 52.2 cm³/mol. The molecule has 64 valence electrons. The number of rotatable bonds is 1. The van der Waals surface area contributed by atoms with Gasteiger partial charge in [0.1, 0.15) is 0 Å². The van der Waals surface area contributed by atoms with Gasteiger partial charge in [-0.05, 0) is 12.8 Å². The van der Waals surface area contributed by atoms with Crippen LogP contribution in [-0.4, -0.2) is 35.7 Å².